The summed E-state index contributed by atoms with van der Waals surface area (Å²) >= 11 is 0. The third-order valence-corrected chi connectivity index (χ3v) is 6.87. The highest BCUT2D eigenvalue weighted by Crippen LogP contribution is 2.08. The molecule has 0 spiro atoms. The van der Waals surface area contributed by atoms with Crippen molar-refractivity contribution in [2.75, 3.05) is 159 Å². The van der Waals surface area contributed by atoms with Crippen molar-refractivity contribution in [1.29, 1.82) is 0 Å². The van der Waals surface area contributed by atoms with Crippen LogP contribution in [-0.4, -0.2) is 171 Å². The predicted molar refractivity (Wildman–Crippen MR) is 189 cm³/mol. The molecule has 15 heteroatoms. The average Bonchev–Trinajstić information content (AvgIpc) is 3.14. The summed E-state index contributed by atoms with van der Waals surface area (Å²) in [6.45, 7) is 12.7. The standard InChI is InChI=1S/C36H70O15/c1-3-4-5-6-7-8-9-10-36(38)51-34-33-50-32-31-49-30-29-48-28-27-47-26-25-46-24-23-45-22-21-44-20-19-43-18-17-42-16-15-41-14-13-40-12-11-35(37)39-2/h3-34H2,1-2H3. The number of unbranched alkanes of at least 4 members (excludes halogenated alkanes) is 6. The first-order valence-electron chi connectivity index (χ1n) is 18.8. The summed E-state index contributed by atoms with van der Waals surface area (Å²) < 4.78 is 69.5. The summed E-state index contributed by atoms with van der Waals surface area (Å²) in [6.07, 6.45) is 9.01. The first kappa shape index (κ1) is 49.5. The van der Waals surface area contributed by atoms with Crippen LogP contribution in [0.15, 0.2) is 0 Å². The van der Waals surface area contributed by atoms with Crippen LogP contribution in [0.4, 0.5) is 0 Å². The smallest absolute Gasteiger partial charge is 0.307 e. The largest absolute Gasteiger partial charge is 0.469 e. The molecular weight excluding hydrogens is 672 g/mol. The lowest BCUT2D eigenvalue weighted by Gasteiger charge is -2.09. The molecule has 0 rings (SSSR count). The van der Waals surface area contributed by atoms with Crippen molar-refractivity contribution in [2.45, 2.75) is 64.7 Å². The normalized spacial score (nSPS) is 11.3. The molecule has 0 aliphatic rings. The minimum Gasteiger partial charge on any atom is -0.469 e. The molecule has 0 aromatic rings. The summed E-state index contributed by atoms with van der Waals surface area (Å²) in [6, 6.07) is 0. The Morgan fingerprint density at radius 3 is 0.902 bits per heavy atom. The summed E-state index contributed by atoms with van der Waals surface area (Å²) in [7, 11) is 1.35. The number of hydrogen-bond donors (Lipinski definition) is 0. The average molecular weight is 743 g/mol. The molecular formula is C36H70O15. The molecule has 0 bridgehead atoms. The SMILES string of the molecule is CCCCCCCCCC(=O)OCCOCCOCCOCCOCCOCCOCCOCCOCCOCCOCCOCCC(=O)OC. The first-order valence-corrected chi connectivity index (χ1v) is 18.8. The third kappa shape index (κ3) is 44.6. The fourth-order valence-corrected chi connectivity index (χ4v) is 4.07. The van der Waals surface area contributed by atoms with E-state index in [-0.39, 0.29) is 25.0 Å². The number of methoxy groups -OCH3 is 1. The Balaban J connectivity index is 3.11. The topological polar surface area (TPSA) is 154 Å². The monoisotopic (exact) mass is 742 g/mol. The number of ether oxygens (including phenoxy) is 13. The highest BCUT2D eigenvalue weighted by Gasteiger charge is 2.03. The van der Waals surface area contributed by atoms with Gasteiger partial charge in [0.1, 0.15) is 6.61 Å². The van der Waals surface area contributed by atoms with Crippen molar-refractivity contribution in [1.82, 2.24) is 0 Å². The Morgan fingerprint density at radius 2 is 0.588 bits per heavy atom. The second-order valence-electron chi connectivity index (χ2n) is 11.2. The van der Waals surface area contributed by atoms with E-state index < -0.39 is 0 Å². The van der Waals surface area contributed by atoms with E-state index in [9.17, 15) is 9.59 Å². The fraction of sp³-hybridized carbons (Fsp3) is 0.944. The summed E-state index contributed by atoms with van der Waals surface area (Å²) in [4.78, 5) is 22.6. The van der Waals surface area contributed by atoms with Gasteiger partial charge in [-0.2, -0.15) is 0 Å². The zero-order chi connectivity index (χ0) is 37.0. The van der Waals surface area contributed by atoms with Crippen molar-refractivity contribution in [3.63, 3.8) is 0 Å². The predicted octanol–water partition coefficient (Wildman–Crippen LogP) is 3.42. The van der Waals surface area contributed by atoms with Crippen molar-refractivity contribution < 1.29 is 71.2 Å². The van der Waals surface area contributed by atoms with Crippen LogP contribution in [0.2, 0.25) is 0 Å². The van der Waals surface area contributed by atoms with Crippen LogP contribution in [0.3, 0.4) is 0 Å². The van der Waals surface area contributed by atoms with Gasteiger partial charge in [0.15, 0.2) is 0 Å². The van der Waals surface area contributed by atoms with Gasteiger partial charge in [-0.3, -0.25) is 9.59 Å². The highest BCUT2D eigenvalue weighted by atomic mass is 16.6. The number of esters is 2. The molecule has 0 saturated carbocycles. The molecule has 0 saturated heterocycles. The van der Waals surface area contributed by atoms with Crippen molar-refractivity contribution in [3.8, 4) is 0 Å². The Morgan fingerprint density at radius 1 is 0.314 bits per heavy atom. The van der Waals surface area contributed by atoms with Gasteiger partial charge in [-0.25, -0.2) is 0 Å². The van der Waals surface area contributed by atoms with Crippen LogP contribution >= 0.6 is 0 Å². The van der Waals surface area contributed by atoms with Crippen molar-refractivity contribution in [2.24, 2.45) is 0 Å². The van der Waals surface area contributed by atoms with E-state index in [0.29, 0.717) is 152 Å². The zero-order valence-corrected chi connectivity index (χ0v) is 31.8. The van der Waals surface area contributed by atoms with E-state index in [0.717, 1.165) is 12.8 Å². The maximum absolute atomic E-state index is 11.7. The summed E-state index contributed by atoms with van der Waals surface area (Å²) in [5.74, 6) is -0.433. The Hall–Kier alpha value is -1.50. The van der Waals surface area contributed by atoms with Gasteiger partial charge in [0.25, 0.3) is 0 Å². The molecule has 0 unspecified atom stereocenters. The van der Waals surface area contributed by atoms with Gasteiger partial charge < -0.3 is 61.6 Å². The molecule has 51 heavy (non-hydrogen) atoms. The van der Waals surface area contributed by atoms with Gasteiger partial charge in [0.2, 0.25) is 0 Å². The van der Waals surface area contributed by atoms with E-state index in [1.807, 2.05) is 0 Å². The zero-order valence-electron chi connectivity index (χ0n) is 31.8. The number of hydrogen-bond acceptors (Lipinski definition) is 15. The van der Waals surface area contributed by atoms with E-state index in [2.05, 4.69) is 11.7 Å². The minimum atomic E-state index is -0.288. The van der Waals surface area contributed by atoms with Crippen LogP contribution in [0.5, 0.6) is 0 Å². The van der Waals surface area contributed by atoms with Crippen LogP contribution in [-0.2, 0) is 71.2 Å². The number of rotatable bonds is 44. The molecule has 0 radical (unpaired) electrons. The van der Waals surface area contributed by atoms with Gasteiger partial charge in [-0.1, -0.05) is 45.4 Å². The number of carbonyl (C=O) groups excluding carboxylic acids is 2. The molecule has 15 nitrogen and oxygen atoms in total. The van der Waals surface area contributed by atoms with Crippen LogP contribution in [0, 0.1) is 0 Å². The Bertz CT molecular complexity index is 702. The summed E-state index contributed by atoms with van der Waals surface area (Å²) in [5, 5.41) is 0. The first-order chi connectivity index (χ1) is 25.2. The Labute approximate surface area is 306 Å². The molecule has 0 heterocycles. The molecule has 304 valence electrons. The van der Waals surface area contributed by atoms with Crippen molar-refractivity contribution in [3.05, 3.63) is 0 Å². The maximum atomic E-state index is 11.7. The lowest BCUT2D eigenvalue weighted by molar-refractivity contribution is -0.145. The van der Waals surface area contributed by atoms with Gasteiger partial charge in [0, 0.05) is 6.42 Å². The van der Waals surface area contributed by atoms with Crippen LogP contribution in [0.1, 0.15) is 64.7 Å². The van der Waals surface area contributed by atoms with Gasteiger partial charge in [0.05, 0.1) is 159 Å². The molecule has 0 aromatic carbocycles. The second-order valence-corrected chi connectivity index (χ2v) is 11.2. The van der Waals surface area contributed by atoms with Crippen LogP contribution in [0.25, 0.3) is 0 Å². The van der Waals surface area contributed by atoms with E-state index in [1.165, 1.54) is 39.2 Å². The molecule has 0 N–H and O–H groups in total. The van der Waals surface area contributed by atoms with Gasteiger partial charge in [-0.15, -0.1) is 0 Å². The quantitative estimate of drug-likeness (QED) is 0.0661. The second kappa shape index (κ2) is 44.7. The molecule has 0 fully saturated rings. The molecule has 0 aliphatic carbocycles. The Kier molecular flexibility index (Phi) is 43.3. The minimum absolute atomic E-state index is 0.145. The maximum Gasteiger partial charge on any atom is 0.307 e. The molecule has 0 aliphatic heterocycles. The van der Waals surface area contributed by atoms with Crippen LogP contribution < -0.4 is 0 Å². The van der Waals surface area contributed by atoms with Crippen molar-refractivity contribution >= 4 is 11.9 Å². The molecule has 0 aromatic heterocycles. The lowest BCUT2D eigenvalue weighted by Crippen LogP contribution is -2.15. The van der Waals surface area contributed by atoms with E-state index in [4.69, 9.17) is 56.8 Å². The highest BCUT2D eigenvalue weighted by molar-refractivity contribution is 5.69. The third-order valence-electron chi connectivity index (χ3n) is 6.87. The molecule has 0 atom stereocenters. The van der Waals surface area contributed by atoms with E-state index in [1.54, 1.807) is 0 Å². The van der Waals surface area contributed by atoms with E-state index >= 15 is 0 Å². The summed E-state index contributed by atoms with van der Waals surface area (Å²) in [5.41, 5.74) is 0. The van der Waals surface area contributed by atoms with Gasteiger partial charge in [-0.05, 0) is 6.42 Å². The number of carbonyl (C=O) groups is 2. The van der Waals surface area contributed by atoms with Gasteiger partial charge >= 0.3 is 11.9 Å². The lowest BCUT2D eigenvalue weighted by atomic mass is 10.1. The fourth-order valence-electron chi connectivity index (χ4n) is 4.07. The molecule has 0 amide bonds.